The van der Waals surface area contributed by atoms with Crippen LogP contribution in [0.15, 0.2) is 24.3 Å². The summed E-state index contributed by atoms with van der Waals surface area (Å²) >= 11 is 0. The first-order valence-corrected chi connectivity index (χ1v) is 5.65. The van der Waals surface area contributed by atoms with Gasteiger partial charge in [0.25, 0.3) is 0 Å². The van der Waals surface area contributed by atoms with E-state index in [-0.39, 0.29) is 29.6 Å². The molecule has 0 amide bonds. The first-order valence-electron chi connectivity index (χ1n) is 5.65. The summed E-state index contributed by atoms with van der Waals surface area (Å²) in [7, 11) is 0. The van der Waals surface area contributed by atoms with Crippen LogP contribution < -0.4 is 0 Å². The van der Waals surface area contributed by atoms with Crippen molar-refractivity contribution in [2.75, 3.05) is 0 Å². The summed E-state index contributed by atoms with van der Waals surface area (Å²) < 4.78 is 0. The normalized spacial score (nSPS) is 10.5. The van der Waals surface area contributed by atoms with E-state index < -0.39 is 0 Å². The fourth-order valence-corrected chi connectivity index (χ4v) is 1.75. The van der Waals surface area contributed by atoms with Crippen LogP contribution in [0.25, 0.3) is 0 Å². The summed E-state index contributed by atoms with van der Waals surface area (Å²) in [5, 5.41) is 0. The van der Waals surface area contributed by atoms with Gasteiger partial charge < -0.3 is 0 Å². The minimum atomic E-state index is 0. The van der Waals surface area contributed by atoms with Crippen molar-refractivity contribution in [3.05, 3.63) is 35.4 Å². The predicted molar refractivity (Wildman–Crippen MR) is 70.7 cm³/mol. The van der Waals surface area contributed by atoms with E-state index in [4.69, 9.17) is 0 Å². The maximum absolute atomic E-state index is 2.28. The molecule has 0 radical (unpaired) electrons. The molecule has 0 aromatic heterocycles. The van der Waals surface area contributed by atoms with Gasteiger partial charge in [-0.05, 0) is 35.8 Å². The summed E-state index contributed by atoms with van der Waals surface area (Å²) in [6.45, 7) is 9.06. The Labute approximate surface area is 117 Å². The number of hydrogen-bond donors (Lipinski definition) is 0. The van der Waals surface area contributed by atoms with Crippen LogP contribution in [-0.2, 0) is 12.8 Å². The number of rotatable bonds is 4. The Morgan fingerprint density at radius 2 is 1.00 bits per heavy atom. The fraction of sp³-hybridized carbons (Fsp3) is 0.571. The van der Waals surface area contributed by atoms with Crippen molar-refractivity contribution in [1.82, 2.24) is 0 Å². The molecular formula is C14H23Na. The van der Waals surface area contributed by atoms with Crippen molar-refractivity contribution in [1.29, 1.82) is 0 Å². The van der Waals surface area contributed by atoms with Gasteiger partial charge in [0.1, 0.15) is 0 Å². The molecule has 0 unspecified atom stereocenters. The van der Waals surface area contributed by atoms with E-state index in [9.17, 15) is 0 Å². The van der Waals surface area contributed by atoms with Gasteiger partial charge in [0, 0.05) is 0 Å². The zero-order valence-corrected chi connectivity index (χ0v) is 9.88. The van der Waals surface area contributed by atoms with E-state index in [1.807, 2.05) is 0 Å². The molecule has 0 saturated heterocycles. The second-order valence-corrected chi connectivity index (χ2v) is 5.01. The number of benzene rings is 1. The zero-order chi connectivity index (χ0) is 10.6. The van der Waals surface area contributed by atoms with Crippen molar-refractivity contribution in [3.63, 3.8) is 0 Å². The van der Waals surface area contributed by atoms with E-state index in [1.54, 1.807) is 0 Å². The predicted octanol–water partition coefficient (Wildman–Crippen LogP) is 3.44. The average molecular weight is 214 g/mol. The molecule has 0 aliphatic rings. The Morgan fingerprint density at radius 1 is 0.733 bits per heavy atom. The molecule has 1 aromatic carbocycles. The zero-order valence-electron chi connectivity index (χ0n) is 9.88. The monoisotopic (exact) mass is 214 g/mol. The summed E-state index contributed by atoms with van der Waals surface area (Å²) in [6.07, 6.45) is 2.39. The average Bonchev–Trinajstić information content (AvgIpc) is 2.06. The van der Waals surface area contributed by atoms with Crippen molar-refractivity contribution in [2.45, 2.75) is 40.5 Å². The van der Waals surface area contributed by atoms with Crippen LogP contribution in [0.1, 0.15) is 38.8 Å². The van der Waals surface area contributed by atoms with Gasteiger partial charge in [-0.3, -0.25) is 0 Å². The Bertz CT molecular complexity index is 230. The third kappa shape index (κ3) is 6.40. The summed E-state index contributed by atoms with van der Waals surface area (Å²) in [4.78, 5) is 0. The molecule has 1 heteroatoms. The Kier molecular flexibility index (Phi) is 7.60. The molecule has 0 N–H and O–H groups in total. The molecule has 0 heterocycles. The summed E-state index contributed by atoms with van der Waals surface area (Å²) in [5.74, 6) is 1.51. The van der Waals surface area contributed by atoms with E-state index in [2.05, 4.69) is 52.0 Å². The Balaban J connectivity index is 0.00000196. The fourth-order valence-electron chi connectivity index (χ4n) is 1.75. The van der Waals surface area contributed by atoms with E-state index in [0.29, 0.717) is 0 Å². The van der Waals surface area contributed by atoms with Crippen LogP contribution in [0.3, 0.4) is 0 Å². The molecule has 0 aliphatic heterocycles. The topological polar surface area (TPSA) is 0 Å². The van der Waals surface area contributed by atoms with Crippen molar-refractivity contribution < 1.29 is 0 Å². The van der Waals surface area contributed by atoms with Crippen LogP contribution in [0.4, 0.5) is 0 Å². The molecule has 0 spiro atoms. The molecule has 0 nitrogen and oxygen atoms in total. The molecule has 0 saturated carbocycles. The van der Waals surface area contributed by atoms with Crippen LogP contribution in [0, 0.1) is 11.8 Å². The van der Waals surface area contributed by atoms with Crippen molar-refractivity contribution in [3.8, 4) is 0 Å². The summed E-state index contributed by atoms with van der Waals surface area (Å²) in [5.41, 5.74) is 2.93. The third-order valence-corrected chi connectivity index (χ3v) is 2.31. The van der Waals surface area contributed by atoms with Gasteiger partial charge in [0.15, 0.2) is 0 Å². The van der Waals surface area contributed by atoms with Crippen molar-refractivity contribution >= 4 is 29.6 Å². The van der Waals surface area contributed by atoms with Crippen LogP contribution in [0.2, 0.25) is 0 Å². The molecule has 0 atom stereocenters. The van der Waals surface area contributed by atoms with Gasteiger partial charge in [0.05, 0.1) is 0 Å². The molecule has 0 fully saturated rings. The molecular weight excluding hydrogens is 191 g/mol. The second-order valence-electron chi connectivity index (χ2n) is 5.01. The third-order valence-electron chi connectivity index (χ3n) is 2.31. The quantitative estimate of drug-likeness (QED) is 0.674. The summed E-state index contributed by atoms with van der Waals surface area (Å²) in [6, 6.07) is 9.10. The first-order chi connectivity index (χ1) is 6.58. The van der Waals surface area contributed by atoms with Gasteiger partial charge in [-0.1, -0.05) is 52.0 Å². The minimum absolute atomic E-state index is 0. The van der Waals surface area contributed by atoms with Gasteiger partial charge >= 0.3 is 29.6 Å². The Morgan fingerprint density at radius 3 is 1.20 bits per heavy atom. The SMILES string of the molecule is CC(C)Cc1ccc(CC(C)C)cc1.[NaH]. The van der Waals surface area contributed by atoms with Crippen LogP contribution in [0.5, 0.6) is 0 Å². The van der Waals surface area contributed by atoms with Crippen molar-refractivity contribution in [2.24, 2.45) is 11.8 Å². The van der Waals surface area contributed by atoms with E-state index in [0.717, 1.165) is 11.8 Å². The van der Waals surface area contributed by atoms with Gasteiger partial charge in [0.2, 0.25) is 0 Å². The van der Waals surface area contributed by atoms with Gasteiger partial charge in [-0.25, -0.2) is 0 Å². The Hall–Kier alpha value is 0.220. The maximum atomic E-state index is 2.28. The standard InChI is InChI=1S/C14H22.Na.H/c1-11(2)9-13-5-7-14(8-6-13)10-12(3)4;;/h5-8,11-12H,9-10H2,1-4H3;;. The molecule has 1 aromatic rings. The molecule has 0 aliphatic carbocycles. The molecule has 0 bridgehead atoms. The van der Waals surface area contributed by atoms with Crippen LogP contribution in [-0.4, -0.2) is 29.6 Å². The van der Waals surface area contributed by atoms with E-state index in [1.165, 1.54) is 24.0 Å². The van der Waals surface area contributed by atoms with E-state index >= 15 is 0 Å². The first kappa shape index (κ1) is 15.2. The molecule has 80 valence electrons. The van der Waals surface area contributed by atoms with Gasteiger partial charge in [-0.15, -0.1) is 0 Å². The number of hydrogen-bond acceptors (Lipinski definition) is 0. The van der Waals surface area contributed by atoms with Gasteiger partial charge in [-0.2, -0.15) is 0 Å². The second kappa shape index (κ2) is 7.49. The van der Waals surface area contributed by atoms with Crippen LogP contribution >= 0.6 is 0 Å². The molecule has 1 rings (SSSR count). The molecule has 15 heavy (non-hydrogen) atoms.